The van der Waals surface area contributed by atoms with Crippen LogP contribution in [0.25, 0.3) is 0 Å². The standard InChI is InChI=1S/C14H16ClN5O/c15-8-1-2-10-9(7-8)11-12(21-10)13(19-14(16)18-11)20-5-3-17-4-6-20/h1-2,7,11-12,17H,3-6H2,(H2,16,18). The van der Waals surface area contributed by atoms with Crippen molar-refractivity contribution in [3.05, 3.63) is 28.8 Å². The summed E-state index contributed by atoms with van der Waals surface area (Å²) in [7, 11) is 0. The Morgan fingerprint density at radius 3 is 2.95 bits per heavy atom. The van der Waals surface area contributed by atoms with Gasteiger partial charge in [0.1, 0.15) is 11.8 Å². The Labute approximate surface area is 127 Å². The van der Waals surface area contributed by atoms with Gasteiger partial charge in [-0.25, -0.2) is 4.99 Å². The van der Waals surface area contributed by atoms with Crippen LogP contribution < -0.4 is 15.8 Å². The van der Waals surface area contributed by atoms with Gasteiger partial charge in [0.25, 0.3) is 0 Å². The molecule has 0 saturated carbocycles. The molecule has 1 aromatic carbocycles. The second kappa shape index (κ2) is 4.89. The van der Waals surface area contributed by atoms with E-state index in [4.69, 9.17) is 22.1 Å². The predicted octanol–water partition coefficient (Wildman–Crippen LogP) is 0.774. The number of rotatable bonds is 0. The van der Waals surface area contributed by atoms with E-state index in [-0.39, 0.29) is 12.1 Å². The Bertz CT molecular complexity index is 638. The number of amidine groups is 1. The second-order valence-electron chi connectivity index (χ2n) is 5.36. The van der Waals surface area contributed by atoms with Crippen LogP contribution in [0.5, 0.6) is 5.75 Å². The van der Waals surface area contributed by atoms with Gasteiger partial charge in [0.2, 0.25) is 5.96 Å². The van der Waals surface area contributed by atoms with Crippen molar-refractivity contribution >= 4 is 23.4 Å². The van der Waals surface area contributed by atoms with Crippen LogP contribution in [0, 0.1) is 0 Å². The molecule has 3 N–H and O–H groups in total. The molecule has 0 spiro atoms. The van der Waals surface area contributed by atoms with E-state index in [9.17, 15) is 0 Å². The molecule has 4 rings (SSSR count). The Kier molecular flexibility index (Phi) is 3.01. The average molecular weight is 306 g/mol. The highest BCUT2D eigenvalue weighted by Crippen LogP contribution is 2.42. The van der Waals surface area contributed by atoms with Crippen molar-refractivity contribution in [3.8, 4) is 5.75 Å². The molecule has 2 atom stereocenters. The summed E-state index contributed by atoms with van der Waals surface area (Å²) in [5, 5.41) is 4.01. The van der Waals surface area contributed by atoms with Crippen LogP contribution in [0.3, 0.4) is 0 Å². The first-order valence-electron chi connectivity index (χ1n) is 7.06. The van der Waals surface area contributed by atoms with Gasteiger partial charge < -0.3 is 20.7 Å². The maximum atomic E-state index is 6.09. The number of hydrogen-bond donors (Lipinski definition) is 2. The summed E-state index contributed by atoms with van der Waals surface area (Å²) in [6.45, 7) is 3.67. The van der Waals surface area contributed by atoms with Gasteiger partial charge in [0, 0.05) is 36.8 Å². The van der Waals surface area contributed by atoms with Crippen molar-refractivity contribution < 1.29 is 4.74 Å². The molecule has 3 heterocycles. The van der Waals surface area contributed by atoms with Crippen LogP contribution in [0.2, 0.25) is 5.02 Å². The molecular formula is C14H16ClN5O. The topological polar surface area (TPSA) is 75.2 Å². The molecule has 3 aliphatic rings. The Morgan fingerprint density at radius 1 is 1.33 bits per heavy atom. The van der Waals surface area contributed by atoms with Crippen LogP contribution in [0.15, 0.2) is 28.2 Å². The maximum absolute atomic E-state index is 6.09. The lowest BCUT2D eigenvalue weighted by Gasteiger charge is -2.34. The molecule has 1 fully saturated rings. The van der Waals surface area contributed by atoms with Crippen LogP contribution in [0.4, 0.5) is 0 Å². The summed E-state index contributed by atoms with van der Waals surface area (Å²) in [4.78, 5) is 11.1. The van der Waals surface area contributed by atoms with Crippen molar-refractivity contribution in [1.82, 2.24) is 10.2 Å². The minimum Gasteiger partial charge on any atom is -0.479 e. The number of hydrogen-bond acceptors (Lipinski definition) is 6. The van der Waals surface area contributed by atoms with Crippen LogP contribution in [-0.2, 0) is 0 Å². The average Bonchev–Trinajstić information content (AvgIpc) is 2.85. The Hall–Kier alpha value is -1.79. The van der Waals surface area contributed by atoms with Crippen molar-refractivity contribution in [2.75, 3.05) is 26.2 Å². The van der Waals surface area contributed by atoms with Gasteiger partial charge >= 0.3 is 0 Å². The van der Waals surface area contributed by atoms with Crippen molar-refractivity contribution in [1.29, 1.82) is 0 Å². The normalized spacial score (nSPS) is 27.4. The molecule has 6 nitrogen and oxygen atoms in total. The third-order valence-corrected chi connectivity index (χ3v) is 4.26. The van der Waals surface area contributed by atoms with E-state index >= 15 is 0 Å². The third-order valence-electron chi connectivity index (χ3n) is 4.03. The quantitative estimate of drug-likeness (QED) is 0.742. The van der Waals surface area contributed by atoms with Gasteiger partial charge in [-0.05, 0) is 18.2 Å². The summed E-state index contributed by atoms with van der Waals surface area (Å²) in [6, 6.07) is 5.46. The lowest BCUT2D eigenvalue weighted by Crippen LogP contribution is -2.53. The SMILES string of the molecule is NC1=NC2c3cc(Cl)ccc3OC2C(N2CCNCC2)=N1. The highest BCUT2D eigenvalue weighted by atomic mass is 35.5. The number of nitrogens with one attached hydrogen (secondary N) is 1. The monoisotopic (exact) mass is 305 g/mol. The number of halogens is 1. The highest BCUT2D eigenvalue weighted by Gasteiger charge is 2.42. The smallest absolute Gasteiger partial charge is 0.217 e. The number of nitrogens with two attached hydrogens (primary N) is 1. The molecule has 3 aliphatic heterocycles. The fraction of sp³-hybridized carbons (Fsp3) is 0.429. The van der Waals surface area contributed by atoms with E-state index in [0.717, 1.165) is 43.3 Å². The molecule has 0 aliphatic carbocycles. The number of fused-ring (bicyclic) bond motifs is 3. The number of ether oxygens (including phenoxy) is 1. The highest BCUT2D eigenvalue weighted by molar-refractivity contribution is 6.30. The second-order valence-corrected chi connectivity index (χ2v) is 5.80. The van der Waals surface area contributed by atoms with E-state index in [1.807, 2.05) is 18.2 Å². The first kappa shape index (κ1) is 12.9. The van der Waals surface area contributed by atoms with Crippen molar-refractivity contribution in [2.45, 2.75) is 12.1 Å². The molecule has 110 valence electrons. The van der Waals surface area contributed by atoms with E-state index in [0.29, 0.717) is 11.0 Å². The molecular weight excluding hydrogens is 290 g/mol. The van der Waals surface area contributed by atoms with Gasteiger partial charge in [-0.2, -0.15) is 4.99 Å². The number of guanidine groups is 1. The first-order chi connectivity index (χ1) is 10.2. The van der Waals surface area contributed by atoms with Crippen LogP contribution >= 0.6 is 11.6 Å². The molecule has 21 heavy (non-hydrogen) atoms. The number of piperazine rings is 1. The Balaban J connectivity index is 1.71. The summed E-state index contributed by atoms with van der Waals surface area (Å²) in [6.07, 6.45) is -0.205. The van der Waals surface area contributed by atoms with Gasteiger partial charge in [-0.15, -0.1) is 0 Å². The molecule has 1 aromatic rings. The summed E-state index contributed by atoms with van der Waals surface area (Å²) < 4.78 is 6.07. The van der Waals surface area contributed by atoms with Crippen LogP contribution in [-0.4, -0.2) is 49.0 Å². The lowest BCUT2D eigenvalue weighted by molar-refractivity contribution is 0.238. The lowest BCUT2D eigenvalue weighted by atomic mass is 10.0. The van der Waals surface area contributed by atoms with Crippen molar-refractivity contribution in [2.24, 2.45) is 15.7 Å². The zero-order valence-electron chi connectivity index (χ0n) is 11.4. The molecule has 0 aromatic heterocycles. The fourth-order valence-electron chi connectivity index (χ4n) is 3.05. The molecule has 1 saturated heterocycles. The zero-order valence-corrected chi connectivity index (χ0v) is 12.2. The molecule has 0 radical (unpaired) electrons. The largest absolute Gasteiger partial charge is 0.479 e. The summed E-state index contributed by atoms with van der Waals surface area (Å²) in [5.41, 5.74) is 6.90. The van der Waals surface area contributed by atoms with Crippen LogP contribution in [0.1, 0.15) is 11.6 Å². The fourth-order valence-corrected chi connectivity index (χ4v) is 3.23. The molecule has 0 bridgehead atoms. The Morgan fingerprint density at radius 2 is 2.14 bits per heavy atom. The molecule has 7 heteroatoms. The molecule has 2 unspecified atom stereocenters. The maximum Gasteiger partial charge on any atom is 0.217 e. The van der Waals surface area contributed by atoms with E-state index in [1.165, 1.54) is 0 Å². The van der Waals surface area contributed by atoms with E-state index < -0.39 is 0 Å². The number of aliphatic imine (C=N–C) groups is 2. The van der Waals surface area contributed by atoms with Crippen molar-refractivity contribution in [3.63, 3.8) is 0 Å². The number of nitrogens with zero attached hydrogens (tertiary/aromatic N) is 3. The van der Waals surface area contributed by atoms with Gasteiger partial charge in [-0.1, -0.05) is 11.6 Å². The zero-order chi connectivity index (χ0) is 14.4. The third kappa shape index (κ3) is 2.15. The minimum absolute atomic E-state index is 0.152. The summed E-state index contributed by atoms with van der Waals surface area (Å²) >= 11 is 6.09. The van der Waals surface area contributed by atoms with Gasteiger partial charge in [-0.3, -0.25) is 0 Å². The van der Waals surface area contributed by atoms with Gasteiger partial charge in [0.15, 0.2) is 11.9 Å². The number of benzene rings is 1. The van der Waals surface area contributed by atoms with E-state index in [2.05, 4.69) is 20.2 Å². The predicted molar refractivity (Wildman–Crippen MR) is 82.1 cm³/mol. The minimum atomic E-state index is -0.205. The molecule has 0 amide bonds. The first-order valence-corrected chi connectivity index (χ1v) is 7.44. The summed E-state index contributed by atoms with van der Waals surface area (Å²) in [5.74, 6) is 2.00. The van der Waals surface area contributed by atoms with Gasteiger partial charge in [0.05, 0.1) is 0 Å². The van der Waals surface area contributed by atoms with E-state index in [1.54, 1.807) is 0 Å².